The first-order chi connectivity index (χ1) is 12.3. The van der Waals surface area contributed by atoms with Crippen LogP contribution in [0.3, 0.4) is 0 Å². The molecule has 1 aromatic carbocycles. The number of morpholine rings is 1. The molecule has 0 aromatic heterocycles. The summed E-state index contributed by atoms with van der Waals surface area (Å²) in [4.78, 5) is 16.1. The molecule has 146 valence electrons. The lowest BCUT2D eigenvalue weighted by Crippen LogP contribution is -2.48. The molecule has 1 fully saturated rings. The first-order valence-electron chi connectivity index (χ1n) is 8.72. The third kappa shape index (κ3) is 5.96. The molecule has 2 rings (SSSR count). The van der Waals surface area contributed by atoms with Gasteiger partial charge in [-0.05, 0) is 25.1 Å². The summed E-state index contributed by atoms with van der Waals surface area (Å²) in [7, 11) is 1.76. The Morgan fingerprint density at radius 2 is 2.08 bits per heavy atom. The van der Waals surface area contributed by atoms with E-state index in [9.17, 15) is 18.0 Å². The fourth-order valence-corrected chi connectivity index (χ4v) is 3.04. The van der Waals surface area contributed by atoms with Gasteiger partial charge in [-0.1, -0.05) is 13.8 Å². The van der Waals surface area contributed by atoms with Crippen LogP contribution in [0.4, 0.5) is 18.9 Å². The summed E-state index contributed by atoms with van der Waals surface area (Å²) in [5, 5.41) is 2.27. The Bertz CT molecular complexity index is 628. The molecule has 26 heavy (non-hydrogen) atoms. The quantitative estimate of drug-likeness (QED) is 0.745. The number of carbonyl (C=O) groups is 1. The maximum Gasteiger partial charge on any atom is 0.238 e. The van der Waals surface area contributed by atoms with Crippen LogP contribution in [-0.4, -0.2) is 68.2 Å². The fourth-order valence-electron chi connectivity index (χ4n) is 3.04. The average Bonchev–Trinajstić information content (AvgIpc) is 2.55. The molecule has 1 aliphatic heterocycles. The van der Waals surface area contributed by atoms with E-state index in [1.54, 1.807) is 11.9 Å². The number of ether oxygens (including phenoxy) is 1. The number of anilines is 1. The summed E-state index contributed by atoms with van der Waals surface area (Å²) < 4.78 is 45.5. The van der Waals surface area contributed by atoms with Gasteiger partial charge in [0.2, 0.25) is 5.91 Å². The van der Waals surface area contributed by atoms with Crippen molar-refractivity contribution in [1.82, 2.24) is 9.80 Å². The molecule has 0 bridgehead atoms. The van der Waals surface area contributed by atoms with E-state index in [0.717, 1.165) is 31.8 Å². The van der Waals surface area contributed by atoms with E-state index < -0.39 is 23.4 Å². The van der Waals surface area contributed by atoms with Gasteiger partial charge in [0, 0.05) is 26.2 Å². The van der Waals surface area contributed by atoms with Crippen LogP contribution >= 0.6 is 0 Å². The van der Waals surface area contributed by atoms with Crippen molar-refractivity contribution in [2.45, 2.75) is 20.0 Å². The van der Waals surface area contributed by atoms with Crippen molar-refractivity contribution in [2.75, 3.05) is 51.7 Å². The van der Waals surface area contributed by atoms with Crippen LogP contribution in [0.25, 0.3) is 0 Å². The van der Waals surface area contributed by atoms with Gasteiger partial charge in [0.25, 0.3) is 0 Å². The van der Waals surface area contributed by atoms with Gasteiger partial charge in [-0.2, -0.15) is 0 Å². The van der Waals surface area contributed by atoms with Gasteiger partial charge < -0.3 is 10.1 Å². The van der Waals surface area contributed by atoms with Crippen LogP contribution in [0.5, 0.6) is 0 Å². The Morgan fingerprint density at radius 3 is 2.77 bits per heavy atom. The smallest absolute Gasteiger partial charge is 0.238 e. The van der Waals surface area contributed by atoms with Crippen molar-refractivity contribution in [1.29, 1.82) is 0 Å². The van der Waals surface area contributed by atoms with Crippen LogP contribution < -0.4 is 5.32 Å². The second kappa shape index (κ2) is 9.34. The van der Waals surface area contributed by atoms with Crippen LogP contribution in [0.1, 0.15) is 13.8 Å². The maximum absolute atomic E-state index is 13.6. The largest absolute Gasteiger partial charge is 0.374 e. The van der Waals surface area contributed by atoms with Crippen molar-refractivity contribution in [3.63, 3.8) is 0 Å². The van der Waals surface area contributed by atoms with Crippen molar-refractivity contribution >= 4 is 11.6 Å². The van der Waals surface area contributed by atoms with Crippen LogP contribution in [-0.2, 0) is 9.53 Å². The van der Waals surface area contributed by atoms with Gasteiger partial charge in [-0.3, -0.25) is 14.6 Å². The van der Waals surface area contributed by atoms with Gasteiger partial charge in [0.1, 0.15) is 0 Å². The number of amides is 1. The minimum atomic E-state index is -1.60. The lowest BCUT2D eigenvalue weighted by molar-refractivity contribution is -0.117. The Balaban J connectivity index is 1.83. The second-order valence-electron chi connectivity index (χ2n) is 7.11. The molecule has 1 aromatic rings. The summed E-state index contributed by atoms with van der Waals surface area (Å²) in [6, 6.07) is 1.77. The Kier molecular flexibility index (Phi) is 7.43. The van der Waals surface area contributed by atoms with E-state index in [1.807, 2.05) is 0 Å². The fraction of sp³-hybridized carbons (Fsp3) is 0.611. The SMILES string of the molecule is CC(C)CN1CCO[C@H](CN(C)CC(=O)Nc2ccc(F)c(F)c2F)C1. The molecule has 1 amide bonds. The molecular formula is C18H26F3N3O2. The summed E-state index contributed by atoms with van der Waals surface area (Å²) in [5.74, 6) is -4.23. The highest BCUT2D eigenvalue weighted by Gasteiger charge is 2.23. The van der Waals surface area contributed by atoms with E-state index in [-0.39, 0.29) is 18.3 Å². The first kappa shape index (κ1) is 20.7. The number of nitrogens with one attached hydrogen (secondary N) is 1. The number of rotatable bonds is 7. The predicted octanol–water partition coefficient (Wildman–Crippen LogP) is 2.33. The molecule has 0 unspecified atom stereocenters. The number of likely N-dealkylation sites (N-methyl/N-ethyl adjacent to an activating group) is 1. The van der Waals surface area contributed by atoms with Crippen molar-refractivity contribution < 1.29 is 22.7 Å². The summed E-state index contributed by atoms with van der Waals surface area (Å²) >= 11 is 0. The minimum Gasteiger partial charge on any atom is -0.374 e. The molecule has 1 atom stereocenters. The number of carbonyl (C=O) groups excluding carboxylic acids is 1. The Labute approximate surface area is 152 Å². The average molecular weight is 373 g/mol. The summed E-state index contributed by atoms with van der Waals surface area (Å²) in [5.41, 5.74) is -0.376. The molecule has 0 aliphatic carbocycles. The highest BCUT2D eigenvalue weighted by molar-refractivity contribution is 5.92. The molecule has 0 spiro atoms. The molecule has 1 saturated heterocycles. The van der Waals surface area contributed by atoms with Crippen molar-refractivity contribution in [2.24, 2.45) is 5.92 Å². The lowest BCUT2D eigenvalue weighted by atomic mass is 10.1. The zero-order chi connectivity index (χ0) is 19.3. The van der Waals surface area contributed by atoms with Crippen molar-refractivity contribution in [3.8, 4) is 0 Å². The van der Waals surface area contributed by atoms with E-state index in [4.69, 9.17) is 4.74 Å². The third-order valence-corrected chi connectivity index (χ3v) is 4.08. The van der Waals surface area contributed by atoms with Gasteiger partial charge in [-0.15, -0.1) is 0 Å². The highest BCUT2D eigenvalue weighted by Crippen LogP contribution is 2.19. The number of hydrogen-bond acceptors (Lipinski definition) is 4. The number of hydrogen-bond donors (Lipinski definition) is 1. The molecule has 1 heterocycles. The highest BCUT2D eigenvalue weighted by atomic mass is 19.2. The predicted molar refractivity (Wildman–Crippen MR) is 93.5 cm³/mol. The summed E-state index contributed by atoms with van der Waals surface area (Å²) in [6.07, 6.45) is -0.0136. The topological polar surface area (TPSA) is 44.8 Å². The molecule has 1 N–H and O–H groups in total. The molecule has 1 aliphatic rings. The molecular weight excluding hydrogens is 347 g/mol. The Hall–Kier alpha value is -1.64. The first-order valence-corrected chi connectivity index (χ1v) is 8.72. The molecule has 8 heteroatoms. The Morgan fingerprint density at radius 1 is 1.35 bits per heavy atom. The molecule has 5 nitrogen and oxygen atoms in total. The zero-order valence-electron chi connectivity index (χ0n) is 15.4. The third-order valence-electron chi connectivity index (χ3n) is 4.08. The van der Waals surface area contributed by atoms with E-state index in [0.29, 0.717) is 19.1 Å². The van der Waals surface area contributed by atoms with E-state index >= 15 is 0 Å². The lowest BCUT2D eigenvalue weighted by Gasteiger charge is -2.35. The monoisotopic (exact) mass is 373 g/mol. The van der Waals surface area contributed by atoms with Crippen LogP contribution in [0.2, 0.25) is 0 Å². The maximum atomic E-state index is 13.6. The van der Waals surface area contributed by atoms with E-state index in [1.165, 1.54) is 0 Å². The molecule has 0 saturated carbocycles. The normalized spacial score (nSPS) is 18.5. The van der Waals surface area contributed by atoms with E-state index in [2.05, 4.69) is 24.1 Å². The second-order valence-corrected chi connectivity index (χ2v) is 7.11. The van der Waals surface area contributed by atoms with Crippen LogP contribution in [0.15, 0.2) is 12.1 Å². The van der Waals surface area contributed by atoms with Gasteiger partial charge in [-0.25, -0.2) is 13.2 Å². The number of halogens is 3. The standard InChI is InChI=1S/C18H26F3N3O2/c1-12(2)8-24-6-7-26-13(10-24)9-23(3)11-16(25)22-15-5-4-14(19)17(20)18(15)21/h4-5,12-13H,6-11H2,1-3H3,(H,22,25)/t13-/m1/s1. The molecule has 0 radical (unpaired) electrons. The van der Waals surface area contributed by atoms with Gasteiger partial charge >= 0.3 is 0 Å². The number of benzene rings is 1. The zero-order valence-corrected chi connectivity index (χ0v) is 15.4. The van der Waals surface area contributed by atoms with Crippen LogP contribution in [0, 0.1) is 23.4 Å². The van der Waals surface area contributed by atoms with Crippen molar-refractivity contribution in [3.05, 3.63) is 29.6 Å². The van der Waals surface area contributed by atoms with Gasteiger partial charge in [0.05, 0.1) is 24.9 Å². The van der Waals surface area contributed by atoms with Gasteiger partial charge in [0.15, 0.2) is 17.5 Å². The summed E-state index contributed by atoms with van der Waals surface area (Å²) in [6.45, 7) is 8.20. The number of nitrogens with zero attached hydrogens (tertiary/aromatic N) is 2. The minimum absolute atomic E-state index is 0.0114.